The highest BCUT2D eigenvalue weighted by Crippen LogP contribution is 2.14. The van der Waals surface area contributed by atoms with E-state index in [9.17, 15) is 9.90 Å². The number of anilines is 1. The summed E-state index contributed by atoms with van der Waals surface area (Å²) in [6, 6.07) is 9.05. The van der Waals surface area contributed by atoms with Crippen molar-refractivity contribution in [2.24, 2.45) is 0 Å². The number of carbonyl (C=O) groups excluding carboxylic acids is 1. The molecule has 2 rings (SSSR count). The fourth-order valence-corrected chi connectivity index (χ4v) is 2.47. The summed E-state index contributed by atoms with van der Waals surface area (Å²) in [4.78, 5) is 16.0. The van der Waals surface area contributed by atoms with E-state index in [1.807, 2.05) is 42.6 Å². The van der Waals surface area contributed by atoms with E-state index in [0.29, 0.717) is 11.6 Å². The average Bonchev–Trinajstić information content (AvgIpc) is 2.84. The van der Waals surface area contributed by atoms with Crippen LogP contribution >= 0.6 is 11.3 Å². The molecule has 20 heavy (non-hydrogen) atoms. The van der Waals surface area contributed by atoms with Crippen LogP contribution in [0.3, 0.4) is 0 Å². The van der Waals surface area contributed by atoms with Crippen LogP contribution < -0.4 is 10.6 Å². The molecular formula is C14H17N3O2S. The molecule has 2 aromatic rings. The smallest absolute Gasteiger partial charge is 0.321 e. The van der Waals surface area contributed by atoms with Gasteiger partial charge in [0.1, 0.15) is 0 Å². The maximum absolute atomic E-state index is 11.8. The highest BCUT2D eigenvalue weighted by molar-refractivity contribution is 7.13. The van der Waals surface area contributed by atoms with Gasteiger partial charge in [-0.05, 0) is 18.9 Å². The first kappa shape index (κ1) is 14.5. The minimum absolute atomic E-state index is 0.112. The van der Waals surface area contributed by atoms with Crippen molar-refractivity contribution in [2.75, 3.05) is 11.9 Å². The number of thiazole rings is 1. The van der Waals surface area contributed by atoms with Gasteiger partial charge in [-0.3, -0.25) is 5.32 Å². The number of aromatic nitrogens is 1. The summed E-state index contributed by atoms with van der Waals surface area (Å²) in [7, 11) is 0. The molecule has 1 unspecified atom stereocenters. The molecular weight excluding hydrogens is 274 g/mol. The van der Waals surface area contributed by atoms with Crippen molar-refractivity contribution in [1.29, 1.82) is 0 Å². The lowest BCUT2D eigenvalue weighted by molar-refractivity contribution is 0.224. The molecule has 0 saturated carbocycles. The minimum atomic E-state index is -0.352. The molecule has 1 aromatic carbocycles. The summed E-state index contributed by atoms with van der Waals surface area (Å²) >= 11 is 1.37. The van der Waals surface area contributed by atoms with Gasteiger partial charge in [-0.1, -0.05) is 30.3 Å². The van der Waals surface area contributed by atoms with E-state index in [1.54, 1.807) is 0 Å². The van der Waals surface area contributed by atoms with Crippen LogP contribution in [0.5, 0.6) is 0 Å². The van der Waals surface area contributed by atoms with Gasteiger partial charge in [0.15, 0.2) is 5.13 Å². The standard InChI is InChI=1S/C14H17N3O2S/c1-10-9-20-14(15-10)17-13(19)16-12(8-18)7-11-5-3-2-4-6-11/h2-6,9,12,18H,7-8H2,1H3,(H2,15,16,17,19). The van der Waals surface area contributed by atoms with E-state index in [0.717, 1.165) is 11.3 Å². The zero-order valence-corrected chi connectivity index (χ0v) is 12.0. The lowest BCUT2D eigenvalue weighted by Crippen LogP contribution is -2.41. The maximum atomic E-state index is 11.8. The van der Waals surface area contributed by atoms with E-state index in [2.05, 4.69) is 15.6 Å². The Kier molecular flexibility index (Phi) is 5.09. The van der Waals surface area contributed by atoms with E-state index in [-0.39, 0.29) is 18.7 Å². The first-order valence-electron chi connectivity index (χ1n) is 6.32. The number of carbonyl (C=O) groups is 1. The van der Waals surface area contributed by atoms with Crippen LogP contribution in [0.15, 0.2) is 35.7 Å². The predicted octanol–water partition coefficient (Wildman–Crippen LogP) is 2.18. The van der Waals surface area contributed by atoms with Crippen LogP contribution in [0.1, 0.15) is 11.3 Å². The molecule has 2 amide bonds. The Bertz CT molecular complexity index is 557. The maximum Gasteiger partial charge on any atom is 0.321 e. The zero-order valence-electron chi connectivity index (χ0n) is 11.2. The fraction of sp³-hybridized carbons (Fsp3) is 0.286. The molecule has 0 bridgehead atoms. The van der Waals surface area contributed by atoms with Crippen molar-refractivity contribution < 1.29 is 9.90 Å². The second kappa shape index (κ2) is 7.02. The molecule has 0 fully saturated rings. The van der Waals surface area contributed by atoms with Crippen LogP contribution in [-0.2, 0) is 6.42 Å². The zero-order chi connectivity index (χ0) is 14.4. The van der Waals surface area contributed by atoms with Crippen molar-refractivity contribution in [2.45, 2.75) is 19.4 Å². The SMILES string of the molecule is Cc1csc(NC(=O)NC(CO)Cc2ccccc2)n1. The lowest BCUT2D eigenvalue weighted by Gasteiger charge is -2.16. The summed E-state index contributed by atoms with van der Waals surface area (Å²) in [6.45, 7) is 1.75. The van der Waals surface area contributed by atoms with Gasteiger partial charge in [0.05, 0.1) is 18.3 Å². The quantitative estimate of drug-likeness (QED) is 0.790. The van der Waals surface area contributed by atoms with E-state index < -0.39 is 0 Å². The summed E-state index contributed by atoms with van der Waals surface area (Å²) in [6.07, 6.45) is 0.585. The molecule has 1 atom stereocenters. The van der Waals surface area contributed by atoms with Crippen LogP contribution in [0.4, 0.5) is 9.93 Å². The number of aryl methyl sites for hydroxylation is 1. The Morgan fingerprint density at radius 3 is 2.75 bits per heavy atom. The first-order valence-corrected chi connectivity index (χ1v) is 7.20. The number of aliphatic hydroxyl groups excluding tert-OH is 1. The number of urea groups is 1. The summed E-state index contributed by atoms with van der Waals surface area (Å²) < 4.78 is 0. The Hall–Kier alpha value is -1.92. The van der Waals surface area contributed by atoms with Crippen molar-refractivity contribution in [1.82, 2.24) is 10.3 Å². The average molecular weight is 291 g/mol. The third-order valence-corrected chi connectivity index (χ3v) is 3.60. The molecule has 0 aliphatic heterocycles. The third-order valence-electron chi connectivity index (χ3n) is 2.72. The van der Waals surface area contributed by atoms with E-state index in [4.69, 9.17) is 0 Å². The van der Waals surface area contributed by atoms with Crippen LogP contribution in [0.25, 0.3) is 0 Å². The molecule has 5 nitrogen and oxygen atoms in total. The van der Waals surface area contributed by atoms with E-state index in [1.165, 1.54) is 11.3 Å². The molecule has 6 heteroatoms. The molecule has 0 aliphatic carbocycles. The number of hydrogen-bond acceptors (Lipinski definition) is 4. The molecule has 0 radical (unpaired) electrons. The van der Waals surface area contributed by atoms with Crippen LogP contribution in [-0.4, -0.2) is 28.8 Å². The topological polar surface area (TPSA) is 74.2 Å². The molecule has 1 aromatic heterocycles. The molecule has 1 heterocycles. The van der Waals surface area contributed by atoms with Crippen molar-refractivity contribution >= 4 is 22.5 Å². The summed E-state index contributed by atoms with van der Waals surface area (Å²) in [5.74, 6) is 0. The molecule has 106 valence electrons. The number of rotatable bonds is 5. The highest BCUT2D eigenvalue weighted by atomic mass is 32.1. The van der Waals surface area contributed by atoms with Gasteiger partial charge >= 0.3 is 6.03 Å². The largest absolute Gasteiger partial charge is 0.394 e. The molecule has 3 N–H and O–H groups in total. The first-order chi connectivity index (χ1) is 9.67. The normalized spacial score (nSPS) is 11.9. The second-order valence-electron chi connectivity index (χ2n) is 4.46. The summed E-state index contributed by atoms with van der Waals surface area (Å²) in [5, 5.41) is 17.2. The number of nitrogens with one attached hydrogen (secondary N) is 2. The van der Waals surface area contributed by atoms with Crippen molar-refractivity contribution in [3.63, 3.8) is 0 Å². The van der Waals surface area contributed by atoms with Crippen LogP contribution in [0.2, 0.25) is 0 Å². The van der Waals surface area contributed by atoms with Crippen LogP contribution in [0, 0.1) is 6.92 Å². The number of aliphatic hydroxyl groups is 1. The highest BCUT2D eigenvalue weighted by Gasteiger charge is 2.13. The fourth-order valence-electron chi connectivity index (χ4n) is 1.79. The van der Waals surface area contributed by atoms with Gasteiger partial charge in [0.2, 0.25) is 0 Å². The number of benzene rings is 1. The Morgan fingerprint density at radius 1 is 1.40 bits per heavy atom. The van der Waals surface area contributed by atoms with E-state index >= 15 is 0 Å². The van der Waals surface area contributed by atoms with Gasteiger partial charge in [0.25, 0.3) is 0 Å². The van der Waals surface area contributed by atoms with Crippen molar-refractivity contribution in [3.05, 3.63) is 47.0 Å². The van der Waals surface area contributed by atoms with Gasteiger partial charge in [-0.2, -0.15) is 0 Å². The predicted molar refractivity (Wildman–Crippen MR) is 80.0 cm³/mol. The van der Waals surface area contributed by atoms with Gasteiger partial charge in [-0.15, -0.1) is 11.3 Å². The number of nitrogens with zero attached hydrogens (tertiary/aromatic N) is 1. The molecule has 0 saturated heterocycles. The monoisotopic (exact) mass is 291 g/mol. The molecule has 0 aliphatic rings. The Morgan fingerprint density at radius 2 is 2.15 bits per heavy atom. The third kappa shape index (κ3) is 4.32. The van der Waals surface area contributed by atoms with Gasteiger partial charge < -0.3 is 10.4 Å². The van der Waals surface area contributed by atoms with Gasteiger partial charge in [-0.25, -0.2) is 9.78 Å². The second-order valence-corrected chi connectivity index (χ2v) is 5.32. The Balaban J connectivity index is 1.88. The summed E-state index contributed by atoms with van der Waals surface area (Å²) in [5.41, 5.74) is 1.94. The minimum Gasteiger partial charge on any atom is -0.394 e. The Labute approximate surface area is 121 Å². The number of amides is 2. The van der Waals surface area contributed by atoms with Gasteiger partial charge in [0, 0.05) is 5.38 Å². The number of hydrogen-bond donors (Lipinski definition) is 3. The molecule has 0 spiro atoms. The van der Waals surface area contributed by atoms with Crippen molar-refractivity contribution in [3.8, 4) is 0 Å². The lowest BCUT2D eigenvalue weighted by atomic mass is 10.1.